The second-order valence-corrected chi connectivity index (χ2v) is 4.80. The van der Waals surface area contributed by atoms with E-state index >= 15 is 0 Å². The quantitative estimate of drug-likeness (QED) is 0.744. The molecular weight excluding hydrogens is 277 g/mol. The van der Waals surface area contributed by atoms with E-state index in [9.17, 15) is 22.8 Å². The third-order valence-electron chi connectivity index (χ3n) is 3.51. The minimum absolute atomic E-state index is 0.0206. The summed E-state index contributed by atoms with van der Waals surface area (Å²) in [6.07, 6.45) is -4.41. The van der Waals surface area contributed by atoms with Crippen molar-refractivity contribution in [1.29, 1.82) is 0 Å². The van der Waals surface area contributed by atoms with Gasteiger partial charge in [-0.25, -0.2) is 0 Å². The number of fused-ring (bicyclic) bond motifs is 1. The van der Waals surface area contributed by atoms with Gasteiger partial charge in [-0.2, -0.15) is 13.2 Å². The largest absolute Gasteiger partial charge is 0.418 e. The lowest BCUT2D eigenvalue weighted by Crippen LogP contribution is -2.30. The van der Waals surface area contributed by atoms with Crippen molar-refractivity contribution in [3.05, 3.63) is 35.4 Å². The fourth-order valence-corrected chi connectivity index (χ4v) is 2.60. The molecule has 20 heavy (non-hydrogen) atoms. The predicted octanol–water partition coefficient (Wildman–Crippen LogP) is 2.37. The van der Waals surface area contributed by atoms with Gasteiger partial charge in [0.1, 0.15) is 0 Å². The Kier molecular flexibility index (Phi) is 2.57. The molecule has 0 aromatic heterocycles. The van der Waals surface area contributed by atoms with Crippen LogP contribution in [-0.2, 0) is 31.0 Å². The monoisotopic (exact) mass is 286 g/mol. The summed E-state index contributed by atoms with van der Waals surface area (Å²) < 4.78 is 47.7. The van der Waals surface area contributed by atoms with Crippen molar-refractivity contribution >= 4 is 11.9 Å². The minimum atomic E-state index is -4.45. The van der Waals surface area contributed by atoms with Crippen molar-refractivity contribution in [1.82, 2.24) is 0 Å². The van der Waals surface area contributed by atoms with Gasteiger partial charge in [-0.05, 0) is 12.1 Å². The van der Waals surface area contributed by atoms with Gasteiger partial charge in [0, 0.05) is 5.56 Å². The van der Waals surface area contributed by atoms with Gasteiger partial charge >= 0.3 is 18.1 Å². The number of rotatable bonds is 1. The lowest BCUT2D eigenvalue weighted by molar-refractivity contribution is -0.210. The molecule has 1 aromatic carbocycles. The summed E-state index contributed by atoms with van der Waals surface area (Å²) in [5, 5.41) is 0. The Balaban J connectivity index is 1.99. The highest BCUT2D eigenvalue weighted by molar-refractivity contribution is 5.80. The number of hydrogen-bond donors (Lipinski definition) is 0. The molecule has 0 N–H and O–H groups in total. The van der Waals surface area contributed by atoms with Gasteiger partial charge in [0.2, 0.25) is 0 Å². The second-order valence-electron chi connectivity index (χ2n) is 4.80. The van der Waals surface area contributed by atoms with Gasteiger partial charge in [-0.15, -0.1) is 0 Å². The van der Waals surface area contributed by atoms with Crippen LogP contribution in [0.2, 0.25) is 0 Å². The highest BCUT2D eigenvalue weighted by Gasteiger charge is 2.59. The van der Waals surface area contributed by atoms with E-state index in [4.69, 9.17) is 9.47 Å². The number of alkyl halides is 3. The fourth-order valence-electron chi connectivity index (χ4n) is 2.60. The van der Waals surface area contributed by atoms with Crippen molar-refractivity contribution in [3.63, 3.8) is 0 Å². The Hall–Kier alpha value is -2.05. The molecule has 2 fully saturated rings. The number of hydrogen-bond acceptors (Lipinski definition) is 4. The Morgan fingerprint density at radius 2 is 1.50 bits per heavy atom. The zero-order valence-corrected chi connectivity index (χ0v) is 10.1. The van der Waals surface area contributed by atoms with Gasteiger partial charge in [0.05, 0.1) is 24.3 Å². The van der Waals surface area contributed by atoms with Gasteiger partial charge in [0.25, 0.3) is 5.79 Å². The molecular formula is C13H9F3O4. The predicted molar refractivity (Wildman–Crippen MR) is 58.0 cm³/mol. The maximum Gasteiger partial charge on any atom is 0.416 e. The average molecular weight is 286 g/mol. The molecule has 0 radical (unpaired) electrons. The van der Waals surface area contributed by atoms with Gasteiger partial charge < -0.3 is 9.47 Å². The van der Waals surface area contributed by atoms with Crippen LogP contribution < -0.4 is 0 Å². The average Bonchev–Trinajstić information content (AvgIpc) is 2.80. The molecule has 106 valence electrons. The summed E-state index contributed by atoms with van der Waals surface area (Å²) in [6.45, 7) is 0. The Labute approximate surface area is 111 Å². The van der Waals surface area contributed by atoms with Crippen molar-refractivity contribution < 1.29 is 32.2 Å². The number of halogens is 3. The topological polar surface area (TPSA) is 52.6 Å². The summed E-state index contributed by atoms with van der Waals surface area (Å²) in [5.74, 6) is -3.10. The number of ether oxygens (including phenoxy) is 2. The molecule has 0 aliphatic carbocycles. The highest BCUT2D eigenvalue weighted by atomic mass is 19.4. The first-order chi connectivity index (χ1) is 9.31. The van der Waals surface area contributed by atoms with Crippen LogP contribution >= 0.6 is 0 Å². The number of carbonyl (C=O) groups excluding carboxylic acids is 2. The summed E-state index contributed by atoms with van der Waals surface area (Å²) >= 11 is 0. The van der Waals surface area contributed by atoms with E-state index in [1.165, 1.54) is 12.1 Å². The molecule has 0 unspecified atom stereocenters. The van der Waals surface area contributed by atoms with Crippen LogP contribution in [-0.4, -0.2) is 11.9 Å². The molecule has 4 nitrogen and oxygen atoms in total. The molecule has 3 rings (SSSR count). The van der Waals surface area contributed by atoms with E-state index in [1.807, 2.05) is 0 Å². The maximum atomic E-state index is 12.5. The number of carbonyl (C=O) groups is 2. The van der Waals surface area contributed by atoms with Crippen LogP contribution in [0.25, 0.3) is 0 Å². The molecule has 2 saturated heterocycles. The fraction of sp³-hybridized carbons (Fsp3) is 0.385. The first-order valence-electron chi connectivity index (χ1n) is 5.93. The molecule has 0 amide bonds. The van der Waals surface area contributed by atoms with Crippen molar-refractivity contribution in [2.24, 2.45) is 5.92 Å². The van der Waals surface area contributed by atoms with Gasteiger partial charge in [0.15, 0.2) is 0 Å². The van der Waals surface area contributed by atoms with E-state index in [2.05, 4.69) is 0 Å². The van der Waals surface area contributed by atoms with Gasteiger partial charge in [-0.3, -0.25) is 9.59 Å². The molecule has 2 aliphatic heterocycles. The molecule has 0 bridgehead atoms. The van der Waals surface area contributed by atoms with Crippen LogP contribution in [0.4, 0.5) is 13.2 Å². The molecule has 2 heterocycles. The van der Waals surface area contributed by atoms with Crippen LogP contribution in [0.3, 0.4) is 0 Å². The molecule has 7 heteroatoms. The third-order valence-corrected chi connectivity index (χ3v) is 3.51. The lowest BCUT2D eigenvalue weighted by atomic mass is 9.91. The maximum absolute atomic E-state index is 12.5. The van der Waals surface area contributed by atoms with E-state index in [0.717, 1.165) is 12.1 Å². The number of esters is 2. The SMILES string of the molecule is O=C1CC2CC(=O)OC2(c2ccc(C(F)(F)F)cc2)O1. The second kappa shape index (κ2) is 3.97. The Bertz CT molecular complexity index is 556. The van der Waals surface area contributed by atoms with Crippen LogP contribution in [0.1, 0.15) is 24.0 Å². The van der Waals surface area contributed by atoms with E-state index in [-0.39, 0.29) is 18.4 Å². The first kappa shape index (κ1) is 13.0. The van der Waals surface area contributed by atoms with Crippen LogP contribution in [0.5, 0.6) is 0 Å². The summed E-state index contributed by atoms with van der Waals surface area (Å²) in [5.41, 5.74) is -0.574. The molecule has 2 aliphatic rings. The zero-order valence-electron chi connectivity index (χ0n) is 10.1. The lowest BCUT2D eigenvalue weighted by Gasteiger charge is -2.26. The Morgan fingerprint density at radius 1 is 1.00 bits per heavy atom. The van der Waals surface area contributed by atoms with E-state index in [1.54, 1.807) is 0 Å². The van der Waals surface area contributed by atoms with Crippen molar-refractivity contribution in [2.45, 2.75) is 24.8 Å². The van der Waals surface area contributed by atoms with Crippen LogP contribution in [0.15, 0.2) is 24.3 Å². The Morgan fingerprint density at radius 3 is 1.95 bits per heavy atom. The van der Waals surface area contributed by atoms with Crippen molar-refractivity contribution in [2.75, 3.05) is 0 Å². The minimum Gasteiger partial charge on any atom is -0.418 e. The normalized spacial score (nSPS) is 29.1. The zero-order chi connectivity index (χ0) is 14.5. The van der Waals surface area contributed by atoms with E-state index < -0.39 is 35.4 Å². The highest BCUT2D eigenvalue weighted by Crippen LogP contribution is 2.49. The van der Waals surface area contributed by atoms with E-state index in [0.29, 0.717) is 0 Å². The van der Waals surface area contributed by atoms with Gasteiger partial charge in [-0.1, -0.05) is 12.1 Å². The molecule has 0 spiro atoms. The summed E-state index contributed by atoms with van der Waals surface area (Å²) in [7, 11) is 0. The van der Waals surface area contributed by atoms with Crippen LogP contribution in [0, 0.1) is 5.92 Å². The molecule has 0 atom stereocenters. The summed E-state index contributed by atoms with van der Waals surface area (Å²) in [4.78, 5) is 22.7. The third kappa shape index (κ3) is 1.85. The summed E-state index contributed by atoms with van der Waals surface area (Å²) in [6, 6.07) is 4.10. The van der Waals surface area contributed by atoms with Crippen molar-refractivity contribution in [3.8, 4) is 0 Å². The first-order valence-corrected chi connectivity index (χ1v) is 5.93. The number of benzene rings is 1. The smallest absolute Gasteiger partial charge is 0.416 e. The standard InChI is InChI=1S/C13H9F3O4/c14-13(15,16)8-3-1-7(2-4-8)12-9(5-10(17)19-12)6-11(18)20-12/h1-4,9H,5-6H2. The molecule has 1 aromatic rings. The molecule has 0 saturated carbocycles.